The van der Waals surface area contributed by atoms with Gasteiger partial charge in [0.15, 0.2) is 5.69 Å². The molecule has 0 saturated carbocycles. The number of ether oxygens (including phenoxy) is 1. The molecule has 33 heavy (non-hydrogen) atoms. The Morgan fingerprint density at radius 1 is 0.939 bits per heavy atom. The second kappa shape index (κ2) is 11.9. The molecule has 0 aliphatic rings. The Morgan fingerprint density at radius 3 is 2.21 bits per heavy atom. The van der Waals surface area contributed by atoms with Crippen molar-refractivity contribution in [3.05, 3.63) is 104 Å². The van der Waals surface area contributed by atoms with Crippen LogP contribution in [0.2, 0.25) is 0 Å². The average molecular weight is 462 g/mol. The molecule has 0 fully saturated rings. The van der Waals surface area contributed by atoms with Gasteiger partial charge in [0.05, 0.1) is 0 Å². The Morgan fingerprint density at radius 2 is 1.61 bits per heavy atom. The summed E-state index contributed by atoms with van der Waals surface area (Å²) in [4.78, 5) is 25.7. The minimum absolute atomic E-state index is 0. The fourth-order valence-corrected chi connectivity index (χ4v) is 3.61. The van der Waals surface area contributed by atoms with Crippen molar-refractivity contribution < 1.29 is 73.5 Å². The summed E-state index contributed by atoms with van der Waals surface area (Å²) < 4.78 is 11.5. The SMILES string of the molecule is Cc1cc([O-])cc(C)c1-c1cccc(COc2ccc(Cn3oc(=O)[n-]c3=O)cc2)c1.[Na+].[Na+]. The van der Waals surface area contributed by atoms with Crippen LogP contribution in [0.5, 0.6) is 11.5 Å². The first-order valence-corrected chi connectivity index (χ1v) is 9.73. The summed E-state index contributed by atoms with van der Waals surface area (Å²) in [6.07, 6.45) is 0. The molecule has 7 nitrogen and oxygen atoms in total. The number of rotatable bonds is 6. The van der Waals surface area contributed by atoms with E-state index >= 15 is 0 Å². The van der Waals surface area contributed by atoms with Crippen LogP contribution in [0.15, 0.2) is 74.8 Å². The van der Waals surface area contributed by atoms with Crippen LogP contribution in [-0.2, 0) is 13.2 Å². The van der Waals surface area contributed by atoms with Gasteiger partial charge in [0, 0.05) is 6.54 Å². The summed E-state index contributed by atoms with van der Waals surface area (Å²) in [6, 6.07) is 18.5. The van der Waals surface area contributed by atoms with E-state index in [4.69, 9.17) is 9.26 Å². The van der Waals surface area contributed by atoms with E-state index in [1.54, 1.807) is 36.4 Å². The topological polar surface area (TPSA) is 98.6 Å². The third kappa shape index (κ3) is 6.76. The standard InChI is InChI=1S/C24H22N2O5.2Na/c1-15-10-20(27)11-16(2)22(15)19-5-3-4-18(12-19)14-30-21-8-6-17(7-9-21)13-26-23(28)25-24(29)31-26;;/h3-12H,13-14H2,1-2H3,(H2,25,27,28,29);;/q;2*+1/p-2. The van der Waals surface area contributed by atoms with Crippen LogP contribution in [0.4, 0.5) is 0 Å². The maximum absolute atomic E-state index is 11.7. The summed E-state index contributed by atoms with van der Waals surface area (Å²) in [5.74, 6) is -0.212. The molecule has 0 radical (unpaired) electrons. The van der Waals surface area contributed by atoms with Crippen LogP contribution in [0.3, 0.4) is 0 Å². The minimum atomic E-state index is -0.901. The maximum Gasteiger partial charge on any atom is 1.00 e. The van der Waals surface area contributed by atoms with Gasteiger partial charge in [-0.1, -0.05) is 42.5 Å². The maximum atomic E-state index is 11.7. The van der Waals surface area contributed by atoms with Gasteiger partial charge in [-0.25, -0.2) is 4.79 Å². The van der Waals surface area contributed by atoms with Crippen molar-refractivity contribution in [1.82, 2.24) is 9.72 Å². The second-order valence-electron chi connectivity index (χ2n) is 7.35. The molecule has 0 aliphatic carbocycles. The molecule has 0 spiro atoms. The molecular formula is C24H20N2Na2O5. The molecule has 0 amide bonds. The van der Waals surface area contributed by atoms with Crippen molar-refractivity contribution in [3.63, 3.8) is 0 Å². The van der Waals surface area contributed by atoms with Crippen molar-refractivity contribution in [1.29, 1.82) is 0 Å². The van der Waals surface area contributed by atoms with Crippen molar-refractivity contribution in [2.24, 2.45) is 0 Å². The first kappa shape index (κ1) is 27.2. The fourth-order valence-electron chi connectivity index (χ4n) is 3.61. The molecule has 158 valence electrons. The van der Waals surface area contributed by atoms with Crippen LogP contribution in [0.25, 0.3) is 11.1 Å². The molecule has 0 N–H and O–H groups in total. The zero-order valence-electron chi connectivity index (χ0n) is 19.1. The van der Waals surface area contributed by atoms with Gasteiger partial charge in [-0.05, 0) is 65.4 Å². The van der Waals surface area contributed by atoms with Crippen LogP contribution in [-0.4, -0.2) is 4.74 Å². The Balaban J connectivity index is 0.00000193. The minimum Gasteiger partial charge on any atom is -0.872 e. The predicted molar refractivity (Wildman–Crippen MR) is 113 cm³/mol. The van der Waals surface area contributed by atoms with Crippen LogP contribution >= 0.6 is 0 Å². The summed E-state index contributed by atoms with van der Waals surface area (Å²) in [7, 11) is 0. The van der Waals surface area contributed by atoms with Crippen molar-refractivity contribution in [3.8, 4) is 22.6 Å². The number of aryl methyl sites for hydroxylation is 2. The summed E-state index contributed by atoms with van der Waals surface area (Å²) in [5, 5.41) is 11.7. The summed E-state index contributed by atoms with van der Waals surface area (Å²) in [5.41, 5.74) is 5.09. The van der Waals surface area contributed by atoms with Gasteiger partial charge in [0.1, 0.15) is 12.4 Å². The largest absolute Gasteiger partial charge is 1.00 e. The Bertz CT molecular complexity index is 1320. The normalized spacial score (nSPS) is 10.2. The first-order chi connectivity index (χ1) is 14.9. The molecule has 0 bridgehead atoms. The van der Waals surface area contributed by atoms with Crippen LogP contribution < -0.4 is 85.4 Å². The number of hydrogen-bond acceptors (Lipinski definition) is 5. The fraction of sp³-hybridized carbons (Fsp3) is 0.167. The number of benzene rings is 3. The van der Waals surface area contributed by atoms with E-state index in [-0.39, 0.29) is 71.4 Å². The third-order valence-electron chi connectivity index (χ3n) is 4.97. The molecular weight excluding hydrogens is 442 g/mol. The van der Waals surface area contributed by atoms with E-state index in [0.29, 0.717) is 12.4 Å². The average Bonchev–Trinajstić information content (AvgIpc) is 3.04. The molecule has 1 aromatic heterocycles. The molecule has 1 heterocycles. The van der Waals surface area contributed by atoms with Gasteiger partial charge >= 0.3 is 64.9 Å². The zero-order valence-corrected chi connectivity index (χ0v) is 23.1. The monoisotopic (exact) mass is 462 g/mol. The molecule has 0 atom stereocenters. The molecule has 0 saturated heterocycles. The molecule has 9 heteroatoms. The van der Waals surface area contributed by atoms with Gasteiger partial charge in [-0.3, -0.25) is 9.53 Å². The van der Waals surface area contributed by atoms with E-state index in [1.807, 2.05) is 32.0 Å². The van der Waals surface area contributed by atoms with Crippen LogP contribution in [0, 0.1) is 13.8 Å². The van der Waals surface area contributed by atoms with Gasteiger partial charge in [0.25, 0.3) is 0 Å². The molecule has 3 aromatic carbocycles. The van der Waals surface area contributed by atoms with Crippen molar-refractivity contribution in [2.45, 2.75) is 27.0 Å². The quantitative estimate of drug-likeness (QED) is 0.279. The molecule has 0 aliphatic heterocycles. The van der Waals surface area contributed by atoms with E-state index in [9.17, 15) is 14.7 Å². The van der Waals surface area contributed by atoms with Gasteiger partial charge in [-0.15, -0.1) is 5.75 Å². The Hall–Kier alpha value is -2.00. The third-order valence-corrected chi connectivity index (χ3v) is 4.97. The van der Waals surface area contributed by atoms with Gasteiger partial charge in [0.2, 0.25) is 0 Å². The summed E-state index contributed by atoms with van der Waals surface area (Å²) in [6.45, 7) is 4.39. The first-order valence-electron chi connectivity index (χ1n) is 9.73. The van der Waals surface area contributed by atoms with Gasteiger partial charge < -0.3 is 19.4 Å². The van der Waals surface area contributed by atoms with Crippen molar-refractivity contribution in [2.75, 3.05) is 0 Å². The Kier molecular flexibility index (Phi) is 9.84. The van der Waals surface area contributed by atoms with E-state index in [2.05, 4.69) is 11.1 Å². The molecule has 0 unspecified atom stereocenters. The second-order valence-corrected chi connectivity index (χ2v) is 7.35. The smallest absolute Gasteiger partial charge is 0.872 e. The van der Waals surface area contributed by atoms with E-state index < -0.39 is 11.4 Å². The van der Waals surface area contributed by atoms with Gasteiger partial charge in [-0.2, -0.15) is 0 Å². The zero-order chi connectivity index (χ0) is 22.0. The molecule has 4 rings (SSSR count). The Labute approximate surface area is 235 Å². The number of hydrogen-bond donors (Lipinski definition) is 0. The number of aromatic nitrogens is 2. The number of nitrogens with zero attached hydrogens (tertiary/aromatic N) is 2. The summed E-state index contributed by atoms with van der Waals surface area (Å²) >= 11 is 0. The van der Waals surface area contributed by atoms with Crippen molar-refractivity contribution >= 4 is 0 Å². The predicted octanol–water partition coefficient (Wildman–Crippen LogP) is -3.25. The van der Waals surface area contributed by atoms with E-state index in [0.717, 1.165) is 38.1 Å². The molecule has 4 aromatic rings. The van der Waals surface area contributed by atoms with Crippen LogP contribution in [0.1, 0.15) is 22.3 Å². The van der Waals surface area contributed by atoms with E-state index in [1.165, 1.54) is 0 Å².